The number of carbonyl (C=O) groups excluding carboxylic acids is 2. The molecule has 1 saturated heterocycles. The van der Waals surface area contributed by atoms with E-state index in [9.17, 15) is 9.59 Å². The second-order valence-electron chi connectivity index (χ2n) is 5.06. The molecule has 1 aromatic carbocycles. The molecule has 0 atom stereocenters. The van der Waals surface area contributed by atoms with Gasteiger partial charge in [-0.2, -0.15) is 0 Å². The van der Waals surface area contributed by atoms with Gasteiger partial charge < -0.3 is 20.7 Å². The van der Waals surface area contributed by atoms with Crippen LogP contribution < -0.4 is 11.1 Å². The molecule has 0 aromatic heterocycles. The minimum Gasteiger partial charge on any atom is -0.465 e. The summed E-state index contributed by atoms with van der Waals surface area (Å²) in [5.74, 6) is -0.455. The first kappa shape index (κ1) is 15.2. The smallest absolute Gasteiger partial charge is 0.340 e. The predicted octanol–water partition coefficient (Wildman–Crippen LogP) is 1.48. The molecule has 1 fully saturated rings. The zero-order valence-corrected chi connectivity index (χ0v) is 12.2. The second kappa shape index (κ2) is 6.97. The number of nitrogen functional groups attached to an aromatic ring is 1. The Kier molecular flexibility index (Phi) is 5.03. The van der Waals surface area contributed by atoms with Gasteiger partial charge in [0.1, 0.15) is 0 Å². The van der Waals surface area contributed by atoms with Crippen molar-refractivity contribution < 1.29 is 14.3 Å². The number of anilines is 2. The van der Waals surface area contributed by atoms with Crippen LogP contribution in [0, 0.1) is 0 Å². The second-order valence-corrected chi connectivity index (χ2v) is 5.06. The van der Waals surface area contributed by atoms with E-state index in [2.05, 4.69) is 5.32 Å². The Bertz CT molecular complexity index is 525. The van der Waals surface area contributed by atoms with E-state index >= 15 is 0 Å². The van der Waals surface area contributed by atoms with Crippen LogP contribution in [0.4, 0.5) is 11.4 Å². The first-order chi connectivity index (χ1) is 10.1. The summed E-state index contributed by atoms with van der Waals surface area (Å²) in [6, 6.07) is 4.98. The number of hydrogen-bond acceptors (Lipinski definition) is 5. The third kappa shape index (κ3) is 3.65. The Balaban J connectivity index is 2.05. The maximum Gasteiger partial charge on any atom is 0.340 e. The highest BCUT2D eigenvalue weighted by Crippen LogP contribution is 2.24. The summed E-state index contributed by atoms with van der Waals surface area (Å²) in [5, 5.41) is 2.98. The van der Waals surface area contributed by atoms with E-state index in [1.54, 1.807) is 18.2 Å². The molecule has 6 heteroatoms. The Morgan fingerprint density at radius 2 is 2.00 bits per heavy atom. The summed E-state index contributed by atoms with van der Waals surface area (Å²) in [6.45, 7) is 1.72. The number of benzene rings is 1. The molecule has 0 bridgehead atoms. The van der Waals surface area contributed by atoms with Crippen molar-refractivity contribution in [2.24, 2.45) is 0 Å². The molecule has 21 heavy (non-hydrogen) atoms. The van der Waals surface area contributed by atoms with Gasteiger partial charge in [0.05, 0.1) is 30.6 Å². The minimum absolute atomic E-state index is 0.0220. The van der Waals surface area contributed by atoms with Crippen LogP contribution in [0.25, 0.3) is 0 Å². The van der Waals surface area contributed by atoms with Crippen LogP contribution in [0.1, 0.15) is 29.6 Å². The zero-order chi connectivity index (χ0) is 15.2. The third-order valence-electron chi connectivity index (χ3n) is 3.63. The Morgan fingerprint density at radius 3 is 2.67 bits per heavy atom. The lowest BCUT2D eigenvalue weighted by Crippen LogP contribution is -2.39. The third-order valence-corrected chi connectivity index (χ3v) is 3.63. The fourth-order valence-electron chi connectivity index (χ4n) is 2.47. The molecule has 0 unspecified atom stereocenters. The summed E-state index contributed by atoms with van der Waals surface area (Å²) in [4.78, 5) is 25.7. The SMILES string of the molecule is COC(=O)c1cccc(N)c1NCC(=O)N1CCCCC1. The van der Waals surface area contributed by atoms with Crippen molar-refractivity contribution >= 4 is 23.3 Å². The van der Waals surface area contributed by atoms with Crippen LogP contribution >= 0.6 is 0 Å². The molecule has 1 amide bonds. The molecule has 0 saturated carbocycles. The number of nitrogens with two attached hydrogens (primary N) is 1. The van der Waals surface area contributed by atoms with Gasteiger partial charge >= 0.3 is 5.97 Å². The molecule has 0 aliphatic carbocycles. The van der Waals surface area contributed by atoms with Gasteiger partial charge in [-0.1, -0.05) is 6.07 Å². The Morgan fingerprint density at radius 1 is 1.29 bits per heavy atom. The number of amides is 1. The minimum atomic E-state index is -0.477. The van der Waals surface area contributed by atoms with Crippen molar-refractivity contribution in [1.29, 1.82) is 0 Å². The molecule has 6 nitrogen and oxygen atoms in total. The van der Waals surface area contributed by atoms with Crippen molar-refractivity contribution in [1.82, 2.24) is 4.90 Å². The van der Waals surface area contributed by atoms with Crippen molar-refractivity contribution in [2.45, 2.75) is 19.3 Å². The molecule has 1 heterocycles. The van der Waals surface area contributed by atoms with Gasteiger partial charge in [-0.15, -0.1) is 0 Å². The normalized spacial score (nSPS) is 14.6. The number of nitrogens with zero attached hydrogens (tertiary/aromatic N) is 1. The average Bonchev–Trinajstić information content (AvgIpc) is 2.53. The van der Waals surface area contributed by atoms with Gasteiger partial charge in [0.25, 0.3) is 0 Å². The van der Waals surface area contributed by atoms with Crippen LogP contribution in [-0.2, 0) is 9.53 Å². The number of rotatable bonds is 4. The molecular formula is C15H21N3O3. The highest BCUT2D eigenvalue weighted by atomic mass is 16.5. The van der Waals surface area contributed by atoms with Crippen LogP contribution in [-0.4, -0.2) is 43.5 Å². The lowest BCUT2D eigenvalue weighted by Gasteiger charge is -2.27. The summed E-state index contributed by atoms with van der Waals surface area (Å²) >= 11 is 0. The quantitative estimate of drug-likeness (QED) is 0.648. The predicted molar refractivity (Wildman–Crippen MR) is 81.1 cm³/mol. The van der Waals surface area contributed by atoms with Crippen molar-refractivity contribution in [2.75, 3.05) is 37.8 Å². The van der Waals surface area contributed by atoms with Crippen LogP contribution in [0.5, 0.6) is 0 Å². The molecule has 3 N–H and O–H groups in total. The summed E-state index contributed by atoms with van der Waals surface area (Å²) in [7, 11) is 1.31. The average molecular weight is 291 g/mol. The first-order valence-corrected chi connectivity index (χ1v) is 7.12. The van der Waals surface area contributed by atoms with Gasteiger partial charge in [0, 0.05) is 13.1 Å². The summed E-state index contributed by atoms with van der Waals surface area (Å²) in [5.41, 5.74) is 7.09. The van der Waals surface area contributed by atoms with Crippen molar-refractivity contribution in [3.63, 3.8) is 0 Å². The van der Waals surface area contributed by atoms with Crippen LogP contribution in [0.2, 0.25) is 0 Å². The molecule has 1 aromatic rings. The first-order valence-electron chi connectivity index (χ1n) is 7.12. The van der Waals surface area contributed by atoms with E-state index in [-0.39, 0.29) is 12.5 Å². The Hall–Kier alpha value is -2.24. The van der Waals surface area contributed by atoms with E-state index in [0.717, 1.165) is 25.9 Å². The lowest BCUT2D eigenvalue weighted by atomic mass is 10.1. The number of para-hydroxylation sites is 1. The summed E-state index contributed by atoms with van der Waals surface area (Å²) < 4.78 is 4.73. The van der Waals surface area contributed by atoms with Crippen LogP contribution in [0.3, 0.4) is 0 Å². The standard InChI is InChI=1S/C15H21N3O3/c1-21-15(20)11-6-5-7-12(16)14(11)17-10-13(19)18-8-3-2-4-9-18/h5-7,17H,2-4,8-10,16H2,1H3. The fraction of sp³-hybridized carbons (Fsp3) is 0.467. The number of ether oxygens (including phenoxy) is 1. The maximum atomic E-state index is 12.1. The summed E-state index contributed by atoms with van der Waals surface area (Å²) in [6.07, 6.45) is 3.27. The van der Waals surface area contributed by atoms with Gasteiger partial charge in [-0.25, -0.2) is 4.79 Å². The van der Waals surface area contributed by atoms with E-state index in [1.165, 1.54) is 13.5 Å². The number of nitrogens with one attached hydrogen (secondary N) is 1. The molecule has 0 radical (unpaired) electrons. The monoisotopic (exact) mass is 291 g/mol. The zero-order valence-electron chi connectivity index (χ0n) is 12.2. The van der Waals surface area contributed by atoms with Gasteiger partial charge in [0.2, 0.25) is 5.91 Å². The molecule has 1 aliphatic heterocycles. The molecule has 0 spiro atoms. The van der Waals surface area contributed by atoms with E-state index < -0.39 is 5.97 Å². The highest BCUT2D eigenvalue weighted by Gasteiger charge is 2.18. The van der Waals surface area contributed by atoms with Gasteiger partial charge in [-0.3, -0.25) is 4.79 Å². The number of likely N-dealkylation sites (tertiary alicyclic amines) is 1. The largest absolute Gasteiger partial charge is 0.465 e. The topological polar surface area (TPSA) is 84.7 Å². The van der Waals surface area contributed by atoms with Gasteiger partial charge in [0.15, 0.2) is 0 Å². The van der Waals surface area contributed by atoms with E-state index in [1.807, 2.05) is 4.90 Å². The molecule has 114 valence electrons. The number of carbonyl (C=O) groups is 2. The Labute approximate surface area is 124 Å². The van der Waals surface area contributed by atoms with Gasteiger partial charge in [-0.05, 0) is 31.4 Å². The fourth-order valence-corrected chi connectivity index (χ4v) is 2.47. The highest BCUT2D eigenvalue weighted by molar-refractivity contribution is 5.99. The molecule has 1 aliphatic rings. The van der Waals surface area contributed by atoms with E-state index in [4.69, 9.17) is 10.5 Å². The van der Waals surface area contributed by atoms with E-state index in [0.29, 0.717) is 16.9 Å². The number of esters is 1. The van der Waals surface area contributed by atoms with Crippen LogP contribution in [0.15, 0.2) is 18.2 Å². The number of methoxy groups -OCH3 is 1. The number of hydrogen-bond donors (Lipinski definition) is 2. The maximum absolute atomic E-state index is 12.1. The van der Waals surface area contributed by atoms with Crippen molar-refractivity contribution in [3.8, 4) is 0 Å². The van der Waals surface area contributed by atoms with Crippen molar-refractivity contribution in [3.05, 3.63) is 23.8 Å². The lowest BCUT2D eigenvalue weighted by molar-refractivity contribution is -0.130. The molecular weight excluding hydrogens is 270 g/mol. The molecule has 2 rings (SSSR count). The number of piperidine rings is 1.